The maximum absolute atomic E-state index is 13.2. The minimum Gasteiger partial charge on any atom is -0.314 e. The van der Waals surface area contributed by atoms with Gasteiger partial charge in [-0.1, -0.05) is 19.9 Å². The number of rotatable bonds is 5. The zero-order valence-corrected chi connectivity index (χ0v) is 9.37. The molecule has 4 nitrogen and oxygen atoms in total. The number of benzene rings is 1. The fourth-order valence-corrected chi connectivity index (χ4v) is 1.36. The van der Waals surface area contributed by atoms with Gasteiger partial charge in [0.15, 0.2) is 0 Å². The molecular formula is C11H15FN2O2. The van der Waals surface area contributed by atoms with Crippen molar-refractivity contribution >= 4 is 5.69 Å². The van der Waals surface area contributed by atoms with Gasteiger partial charge in [0.25, 0.3) is 0 Å². The number of hydrogen-bond donors (Lipinski definition) is 1. The smallest absolute Gasteiger partial charge is 0.304 e. The molecule has 0 aliphatic carbocycles. The van der Waals surface area contributed by atoms with Crippen molar-refractivity contribution < 1.29 is 9.31 Å². The van der Waals surface area contributed by atoms with Crippen molar-refractivity contribution in [2.75, 3.05) is 6.54 Å². The summed E-state index contributed by atoms with van der Waals surface area (Å²) in [6.07, 6.45) is 0.660. The maximum Gasteiger partial charge on any atom is 0.304 e. The third-order valence-electron chi connectivity index (χ3n) is 2.18. The number of hydrogen-bond acceptors (Lipinski definition) is 3. The molecule has 1 aromatic carbocycles. The van der Waals surface area contributed by atoms with E-state index >= 15 is 0 Å². The van der Waals surface area contributed by atoms with Gasteiger partial charge in [-0.3, -0.25) is 10.1 Å². The second kappa shape index (κ2) is 5.55. The molecular weight excluding hydrogens is 211 g/mol. The van der Waals surface area contributed by atoms with E-state index in [0.717, 1.165) is 12.1 Å². The number of nitro benzene ring substituents is 1. The monoisotopic (exact) mass is 226 g/mol. The van der Waals surface area contributed by atoms with Gasteiger partial charge in [0.2, 0.25) is 5.82 Å². The number of nitrogens with one attached hydrogen (secondary N) is 1. The summed E-state index contributed by atoms with van der Waals surface area (Å²) in [5, 5.41) is 13.6. The first-order valence-corrected chi connectivity index (χ1v) is 5.17. The van der Waals surface area contributed by atoms with Gasteiger partial charge in [-0.05, 0) is 24.6 Å². The predicted molar refractivity (Wildman–Crippen MR) is 59.9 cm³/mol. The van der Waals surface area contributed by atoms with Gasteiger partial charge in [0.05, 0.1) is 4.92 Å². The molecule has 5 heteroatoms. The molecule has 0 radical (unpaired) electrons. The lowest BCUT2D eigenvalue weighted by Gasteiger charge is -2.07. The first-order chi connectivity index (χ1) is 7.50. The highest BCUT2D eigenvalue weighted by Crippen LogP contribution is 2.17. The molecule has 0 aromatic heterocycles. The van der Waals surface area contributed by atoms with Crippen molar-refractivity contribution in [3.63, 3.8) is 0 Å². The summed E-state index contributed by atoms with van der Waals surface area (Å²) in [6.45, 7) is 4.78. The quantitative estimate of drug-likeness (QED) is 0.619. The standard InChI is InChI=1S/C11H15FN2O2/c1-8(2)13-6-5-9-3-4-11(14(15)16)10(12)7-9/h3-4,7-8,13H,5-6H2,1-2H3. The topological polar surface area (TPSA) is 55.2 Å². The summed E-state index contributed by atoms with van der Waals surface area (Å²) in [4.78, 5) is 9.67. The lowest BCUT2D eigenvalue weighted by molar-refractivity contribution is -0.387. The van der Waals surface area contributed by atoms with Gasteiger partial charge in [0.1, 0.15) is 0 Å². The van der Waals surface area contributed by atoms with Crippen molar-refractivity contribution in [1.82, 2.24) is 5.32 Å². The van der Waals surface area contributed by atoms with E-state index in [4.69, 9.17) is 0 Å². The summed E-state index contributed by atoms with van der Waals surface area (Å²) >= 11 is 0. The Morgan fingerprint density at radius 2 is 2.19 bits per heavy atom. The largest absolute Gasteiger partial charge is 0.314 e. The number of halogens is 1. The van der Waals surface area contributed by atoms with Gasteiger partial charge >= 0.3 is 5.69 Å². The Morgan fingerprint density at radius 3 is 2.69 bits per heavy atom. The fraction of sp³-hybridized carbons (Fsp3) is 0.455. The highest BCUT2D eigenvalue weighted by atomic mass is 19.1. The molecule has 1 aromatic rings. The molecule has 0 aliphatic rings. The summed E-state index contributed by atoms with van der Waals surface area (Å²) in [5.74, 6) is -0.771. The average molecular weight is 226 g/mol. The molecule has 0 bridgehead atoms. The molecule has 1 N–H and O–H groups in total. The Morgan fingerprint density at radius 1 is 1.50 bits per heavy atom. The highest BCUT2D eigenvalue weighted by Gasteiger charge is 2.13. The normalized spacial score (nSPS) is 10.8. The van der Waals surface area contributed by atoms with Gasteiger partial charge in [0, 0.05) is 12.1 Å². The maximum atomic E-state index is 13.2. The van der Waals surface area contributed by atoms with Crippen molar-refractivity contribution in [2.24, 2.45) is 0 Å². The molecule has 0 fully saturated rings. The van der Waals surface area contributed by atoms with E-state index in [2.05, 4.69) is 5.32 Å². The Kier molecular flexibility index (Phi) is 4.37. The van der Waals surface area contributed by atoms with Gasteiger partial charge in [-0.2, -0.15) is 4.39 Å². The molecule has 0 unspecified atom stereocenters. The van der Waals surface area contributed by atoms with Crippen LogP contribution in [-0.2, 0) is 6.42 Å². The molecule has 0 amide bonds. The van der Waals surface area contributed by atoms with E-state index in [0.29, 0.717) is 12.5 Å². The van der Waals surface area contributed by atoms with E-state index in [1.165, 1.54) is 12.1 Å². The van der Waals surface area contributed by atoms with Crippen molar-refractivity contribution in [3.05, 3.63) is 39.7 Å². The van der Waals surface area contributed by atoms with Crippen LogP contribution in [-0.4, -0.2) is 17.5 Å². The van der Waals surface area contributed by atoms with E-state index in [1.807, 2.05) is 13.8 Å². The van der Waals surface area contributed by atoms with E-state index < -0.39 is 16.4 Å². The minimum absolute atomic E-state index is 0.378. The predicted octanol–water partition coefficient (Wildman–Crippen LogP) is 2.27. The molecule has 0 heterocycles. The Balaban J connectivity index is 2.63. The van der Waals surface area contributed by atoms with Crippen LogP contribution in [0.15, 0.2) is 18.2 Å². The van der Waals surface area contributed by atoms with Crippen LogP contribution < -0.4 is 5.32 Å². The van der Waals surface area contributed by atoms with E-state index in [-0.39, 0.29) is 0 Å². The molecule has 88 valence electrons. The average Bonchev–Trinajstić information content (AvgIpc) is 2.16. The molecule has 0 aliphatic heterocycles. The number of nitrogens with zero attached hydrogens (tertiary/aromatic N) is 1. The molecule has 0 saturated heterocycles. The van der Waals surface area contributed by atoms with Crippen molar-refractivity contribution in [3.8, 4) is 0 Å². The van der Waals surface area contributed by atoms with Crippen molar-refractivity contribution in [2.45, 2.75) is 26.3 Å². The van der Waals surface area contributed by atoms with Gasteiger partial charge in [-0.25, -0.2) is 0 Å². The highest BCUT2D eigenvalue weighted by molar-refractivity contribution is 5.35. The molecule has 16 heavy (non-hydrogen) atoms. The van der Waals surface area contributed by atoms with Crippen LogP contribution in [0.1, 0.15) is 19.4 Å². The second-order valence-electron chi connectivity index (χ2n) is 3.90. The Labute approximate surface area is 93.6 Å². The second-order valence-corrected chi connectivity index (χ2v) is 3.90. The Hall–Kier alpha value is -1.49. The fourth-order valence-electron chi connectivity index (χ4n) is 1.36. The zero-order chi connectivity index (χ0) is 12.1. The third kappa shape index (κ3) is 3.58. The summed E-state index contributed by atoms with van der Waals surface area (Å²) in [7, 11) is 0. The lowest BCUT2D eigenvalue weighted by atomic mass is 10.1. The Bertz CT molecular complexity index is 380. The van der Waals surface area contributed by atoms with Crippen LogP contribution in [0.5, 0.6) is 0 Å². The first-order valence-electron chi connectivity index (χ1n) is 5.17. The summed E-state index contributed by atoms with van der Waals surface area (Å²) < 4.78 is 13.2. The molecule has 1 rings (SSSR count). The van der Waals surface area contributed by atoms with Crippen LogP contribution >= 0.6 is 0 Å². The molecule has 0 atom stereocenters. The number of nitro groups is 1. The summed E-state index contributed by atoms with van der Waals surface area (Å²) in [5.41, 5.74) is 0.289. The van der Waals surface area contributed by atoms with Crippen LogP contribution in [0.4, 0.5) is 10.1 Å². The zero-order valence-electron chi connectivity index (χ0n) is 9.37. The molecule has 0 spiro atoms. The van der Waals surface area contributed by atoms with Crippen LogP contribution in [0.3, 0.4) is 0 Å². The SMILES string of the molecule is CC(C)NCCc1ccc([N+](=O)[O-])c(F)c1. The van der Waals surface area contributed by atoms with E-state index in [1.54, 1.807) is 6.07 Å². The van der Waals surface area contributed by atoms with Crippen molar-refractivity contribution in [1.29, 1.82) is 0 Å². The summed E-state index contributed by atoms with van der Waals surface area (Å²) in [6, 6.07) is 4.39. The van der Waals surface area contributed by atoms with Gasteiger partial charge < -0.3 is 5.32 Å². The van der Waals surface area contributed by atoms with Crippen LogP contribution in [0.25, 0.3) is 0 Å². The third-order valence-corrected chi connectivity index (χ3v) is 2.18. The lowest BCUT2D eigenvalue weighted by Crippen LogP contribution is -2.24. The van der Waals surface area contributed by atoms with Crippen LogP contribution in [0.2, 0.25) is 0 Å². The molecule has 0 saturated carbocycles. The van der Waals surface area contributed by atoms with Gasteiger partial charge in [-0.15, -0.1) is 0 Å². The van der Waals surface area contributed by atoms with E-state index in [9.17, 15) is 14.5 Å². The first kappa shape index (κ1) is 12.6. The van der Waals surface area contributed by atoms with Crippen LogP contribution in [0, 0.1) is 15.9 Å². The minimum atomic E-state index is -0.771.